The first-order valence-electron chi connectivity index (χ1n) is 8.95. The summed E-state index contributed by atoms with van der Waals surface area (Å²) in [4.78, 5) is 45.9. The minimum Gasteiger partial charge on any atom is -0.460 e. The molecule has 0 aromatic rings. The van der Waals surface area contributed by atoms with Gasteiger partial charge >= 0.3 is 24.1 Å². The molecule has 0 saturated carbocycles. The smallest absolute Gasteiger partial charge is 0.407 e. The van der Waals surface area contributed by atoms with Gasteiger partial charge in [0.25, 0.3) is 0 Å². The van der Waals surface area contributed by atoms with E-state index in [1.807, 2.05) is 0 Å². The highest BCUT2D eigenvalue weighted by Crippen LogP contribution is 1.95. The number of alkyl carbamates (subject to hydrolysis) is 2. The van der Waals surface area contributed by atoms with Gasteiger partial charge in [0.2, 0.25) is 0 Å². The SMILES string of the molecule is CC(C)OC(=O)N[C@H](C)COC(=O)/C=C/C(=O)OC[C@@H](C)NC(=O)OC(C)C. The minimum atomic E-state index is -0.769. The lowest BCUT2D eigenvalue weighted by atomic mass is 10.3. The van der Waals surface area contributed by atoms with Gasteiger partial charge in [0, 0.05) is 12.2 Å². The van der Waals surface area contributed by atoms with Crippen LogP contribution < -0.4 is 10.6 Å². The average Bonchev–Trinajstić information content (AvgIpc) is 2.54. The zero-order chi connectivity index (χ0) is 21.7. The first-order chi connectivity index (χ1) is 13.0. The zero-order valence-corrected chi connectivity index (χ0v) is 17.1. The van der Waals surface area contributed by atoms with Crippen LogP contribution in [-0.4, -0.2) is 61.6 Å². The Hall–Kier alpha value is -2.78. The van der Waals surface area contributed by atoms with Crippen molar-refractivity contribution in [1.82, 2.24) is 10.6 Å². The zero-order valence-electron chi connectivity index (χ0n) is 17.1. The third-order valence-electron chi connectivity index (χ3n) is 2.72. The van der Waals surface area contributed by atoms with Gasteiger partial charge in [-0.2, -0.15) is 0 Å². The van der Waals surface area contributed by atoms with Gasteiger partial charge < -0.3 is 29.6 Å². The van der Waals surface area contributed by atoms with E-state index in [4.69, 9.17) is 18.9 Å². The molecule has 10 heteroatoms. The van der Waals surface area contributed by atoms with Gasteiger partial charge in [0.05, 0.1) is 24.3 Å². The van der Waals surface area contributed by atoms with E-state index in [-0.39, 0.29) is 25.4 Å². The molecule has 0 fully saturated rings. The number of ether oxygens (including phenoxy) is 4. The second kappa shape index (κ2) is 13.4. The standard InChI is InChI=1S/C18H30N2O8/c1-11(2)27-17(23)19-13(5)9-25-15(21)7-8-16(22)26-10-14(6)20-18(24)28-12(3)4/h7-8,11-14H,9-10H2,1-6H3,(H,19,23)(H,20,24)/b8-7+/t13-,14-/m1/s1. The maximum absolute atomic E-state index is 11.6. The predicted octanol–water partition coefficient (Wildman–Crippen LogP) is 1.68. The fourth-order valence-electron chi connectivity index (χ4n) is 1.63. The van der Waals surface area contributed by atoms with E-state index in [2.05, 4.69) is 10.6 Å². The number of carbonyl (C=O) groups is 4. The lowest BCUT2D eigenvalue weighted by molar-refractivity contribution is -0.141. The van der Waals surface area contributed by atoms with E-state index >= 15 is 0 Å². The molecule has 2 N–H and O–H groups in total. The lowest BCUT2D eigenvalue weighted by Crippen LogP contribution is -2.38. The molecular formula is C18H30N2O8. The van der Waals surface area contributed by atoms with Crippen LogP contribution in [0.2, 0.25) is 0 Å². The van der Waals surface area contributed by atoms with E-state index in [9.17, 15) is 19.2 Å². The maximum atomic E-state index is 11.6. The molecule has 0 aliphatic heterocycles. The summed E-state index contributed by atoms with van der Waals surface area (Å²) in [6.07, 6.45) is 0.0689. The molecule has 0 saturated heterocycles. The molecule has 0 aromatic carbocycles. The van der Waals surface area contributed by atoms with Gasteiger partial charge in [-0.15, -0.1) is 0 Å². The van der Waals surface area contributed by atoms with Crippen LogP contribution in [-0.2, 0) is 28.5 Å². The molecule has 0 unspecified atom stereocenters. The number of carbonyl (C=O) groups excluding carboxylic acids is 4. The predicted molar refractivity (Wildman–Crippen MR) is 99.5 cm³/mol. The summed E-state index contributed by atoms with van der Waals surface area (Å²) in [6, 6.07) is -0.929. The molecular weight excluding hydrogens is 372 g/mol. The van der Waals surface area contributed by atoms with Crippen LogP contribution in [0, 0.1) is 0 Å². The van der Waals surface area contributed by atoms with Crippen molar-refractivity contribution in [3.63, 3.8) is 0 Å². The summed E-state index contributed by atoms with van der Waals surface area (Å²) in [6.45, 7) is 9.92. The first kappa shape index (κ1) is 25.2. The Morgan fingerprint density at radius 3 is 1.29 bits per heavy atom. The Labute approximate surface area is 164 Å². The largest absolute Gasteiger partial charge is 0.460 e. The van der Waals surface area contributed by atoms with Gasteiger partial charge in [-0.1, -0.05) is 0 Å². The summed E-state index contributed by atoms with van der Waals surface area (Å²) in [7, 11) is 0. The molecule has 0 bridgehead atoms. The van der Waals surface area contributed by atoms with Crippen molar-refractivity contribution < 1.29 is 38.1 Å². The lowest BCUT2D eigenvalue weighted by Gasteiger charge is -2.15. The molecule has 0 aliphatic carbocycles. The van der Waals surface area contributed by atoms with Crippen LogP contribution in [0.3, 0.4) is 0 Å². The normalized spacial score (nSPS) is 13.0. The van der Waals surface area contributed by atoms with Crippen molar-refractivity contribution >= 4 is 24.1 Å². The van der Waals surface area contributed by atoms with Crippen molar-refractivity contribution in [3.05, 3.63) is 12.2 Å². The van der Waals surface area contributed by atoms with E-state index in [0.29, 0.717) is 0 Å². The molecule has 0 aromatic heterocycles. The summed E-state index contributed by atoms with van der Waals surface area (Å²) < 4.78 is 19.6. The van der Waals surface area contributed by atoms with Crippen molar-refractivity contribution in [2.75, 3.05) is 13.2 Å². The van der Waals surface area contributed by atoms with Gasteiger partial charge in [0.15, 0.2) is 0 Å². The molecule has 10 nitrogen and oxygen atoms in total. The monoisotopic (exact) mass is 402 g/mol. The summed E-state index contributed by atoms with van der Waals surface area (Å²) in [5.74, 6) is -1.54. The molecule has 0 rings (SSSR count). The van der Waals surface area contributed by atoms with E-state index in [1.165, 1.54) is 0 Å². The van der Waals surface area contributed by atoms with E-state index in [0.717, 1.165) is 12.2 Å². The highest BCUT2D eigenvalue weighted by Gasteiger charge is 2.13. The topological polar surface area (TPSA) is 129 Å². The van der Waals surface area contributed by atoms with Crippen molar-refractivity contribution in [2.45, 2.75) is 65.8 Å². The second-order valence-electron chi connectivity index (χ2n) is 6.59. The molecule has 0 heterocycles. The van der Waals surface area contributed by atoms with Crippen LogP contribution >= 0.6 is 0 Å². The van der Waals surface area contributed by atoms with E-state index < -0.39 is 36.2 Å². The quantitative estimate of drug-likeness (QED) is 0.321. The summed E-state index contributed by atoms with van der Waals surface area (Å²) in [5.41, 5.74) is 0. The molecule has 28 heavy (non-hydrogen) atoms. The van der Waals surface area contributed by atoms with Gasteiger partial charge in [-0.25, -0.2) is 19.2 Å². The van der Waals surface area contributed by atoms with Crippen LogP contribution in [0.4, 0.5) is 9.59 Å². The van der Waals surface area contributed by atoms with Gasteiger partial charge in [0.1, 0.15) is 13.2 Å². The Bertz CT molecular complexity index is 512. The Morgan fingerprint density at radius 2 is 1.00 bits per heavy atom. The number of rotatable bonds is 10. The molecule has 0 radical (unpaired) electrons. The molecule has 2 atom stereocenters. The maximum Gasteiger partial charge on any atom is 0.407 e. The third-order valence-corrected chi connectivity index (χ3v) is 2.72. The highest BCUT2D eigenvalue weighted by atomic mass is 16.6. The van der Waals surface area contributed by atoms with Crippen LogP contribution in [0.5, 0.6) is 0 Å². The number of esters is 2. The molecule has 0 aliphatic rings. The number of hydrogen-bond acceptors (Lipinski definition) is 8. The van der Waals surface area contributed by atoms with Crippen LogP contribution in [0.25, 0.3) is 0 Å². The van der Waals surface area contributed by atoms with E-state index in [1.54, 1.807) is 41.5 Å². The number of amides is 2. The fourth-order valence-corrected chi connectivity index (χ4v) is 1.63. The summed E-state index contributed by atoms with van der Waals surface area (Å²) >= 11 is 0. The third kappa shape index (κ3) is 14.4. The molecule has 2 amide bonds. The Kier molecular flexibility index (Phi) is 12.1. The fraction of sp³-hybridized carbons (Fsp3) is 0.667. The van der Waals surface area contributed by atoms with Crippen LogP contribution in [0.15, 0.2) is 12.2 Å². The molecule has 160 valence electrons. The van der Waals surface area contributed by atoms with Crippen LogP contribution in [0.1, 0.15) is 41.5 Å². The van der Waals surface area contributed by atoms with Gasteiger partial charge in [-0.3, -0.25) is 0 Å². The van der Waals surface area contributed by atoms with Gasteiger partial charge in [-0.05, 0) is 41.5 Å². The second-order valence-corrected chi connectivity index (χ2v) is 6.59. The van der Waals surface area contributed by atoms with Crippen molar-refractivity contribution in [1.29, 1.82) is 0 Å². The minimum absolute atomic E-state index is 0.0929. The highest BCUT2D eigenvalue weighted by molar-refractivity contribution is 5.91. The number of nitrogens with one attached hydrogen (secondary N) is 2. The number of hydrogen-bond donors (Lipinski definition) is 2. The Balaban J connectivity index is 4.08. The average molecular weight is 402 g/mol. The Morgan fingerprint density at radius 1 is 0.679 bits per heavy atom. The first-order valence-corrected chi connectivity index (χ1v) is 8.95. The summed E-state index contributed by atoms with van der Waals surface area (Å²) in [5, 5.41) is 4.99. The van der Waals surface area contributed by atoms with Crippen molar-refractivity contribution in [3.8, 4) is 0 Å². The van der Waals surface area contributed by atoms with Crippen molar-refractivity contribution in [2.24, 2.45) is 0 Å². The molecule has 0 spiro atoms.